The maximum atomic E-state index is 12.0. The third-order valence-corrected chi connectivity index (χ3v) is 6.16. The fraction of sp³-hybridized carbons (Fsp3) is 0.167. The molecular weight excluding hydrogens is 355 g/mol. The van der Waals surface area contributed by atoms with Gasteiger partial charge in [0.15, 0.2) is 0 Å². The van der Waals surface area contributed by atoms with Crippen molar-refractivity contribution in [1.29, 1.82) is 0 Å². The quantitative estimate of drug-likeness (QED) is 0.845. The number of nitrogens with zero attached hydrogens (tertiary/aromatic N) is 1. The molecule has 2 heterocycles. The Balaban J connectivity index is 2.11. The number of nitrogens with one attached hydrogen (secondary N) is 1. The van der Waals surface area contributed by atoms with Gasteiger partial charge in [-0.25, -0.2) is 13.4 Å². The van der Waals surface area contributed by atoms with Gasteiger partial charge in [-0.05, 0) is 31.2 Å². The van der Waals surface area contributed by atoms with Gasteiger partial charge in [0.25, 0.3) is 15.0 Å². The monoisotopic (exact) mass is 364 g/mol. The SMILES string of the molecule is CC(NC(=O)c1ccc(Cl)cn1)c1ccc(S(=O)(=O)Cl)s1. The summed E-state index contributed by atoms with van der Waals surface area (Å²) >= 11 is 6.71. The Kier molecular flexibility index (Phi) is 4.88. The molecule has 1 N–H and O–H groups in total. The van der Waals surface area contributed by atoms with E-state index >= 15 is 0 Å². The van der Waals surface area contributed by atoms with Gasteiger partial charge in [-0.15, -0.1) is 11.3 Å². The second kappa shape index (κ2) is 6.31. The van der Waals surface area contributed by atoms with Crippen LogP contribution in [0, 0.1) is 0 Å². The minimum Gasteiger partial charge on any atom is -0.343 e. The molecule has 0 aliphatic heterocycles. The molecule has 5 nitrogen and oxygen atoms in total. The van der Waals surface area contributed by atoms with Crippen molar-refractivity contribution in [3.05, 3.63) is 46.1 Å². The fourth-order valence-electron chi connectivity index (χ4n) is 1.55. The average Bonchev–Trinajstić information content (AvgIpc) is 2.88. The van der Waals surface area contributed by atoms with Crippen molar-refractivity contribution in [2.75, 3.05) is 0 Å². The van der Waals surface area contributed by atoms with Gasteiger partial charge < -0.3 is 5.32 Å². The largest absolute Gasteiger partial charge is 0.343 e. The lowest BCUT2D eigenvalue weighted by Gasteiger charge is -2.11. The predicted octanol–water partition coefficient (Wildman–Crippen LogP) is 3.22. The number of hydrogen-bond donors (Lipinski definition) is 1. The van der Waals surface area contributed by atoms with E-state index in [2.05, 4.69) is 10.3 Å². The lowest BCUT2D eigenvalue weighted by atomic mass is 10.2. The van der Waals surface area contributed by atoms with Crippen LogP contribution in [0.15, 0.2) is 34.7 Å². The lowest BCUT2D eigenvalue weighted by molar-refractivity contribution is 0.0935. The van der Waals surface area contributed by atoms with E-state index in [0.29, 0.717) is 9.90 Å². The molecule has 0 radical (unpaired) electrons. The highest BCUT2D eigenvalue weighted by Gasteiger charge is 2.18. The van der Waals surface area contributed by atoms with Gasteiger partial charge in [0.1, 0.15) is 9.90 Å². The summed E-state index contributed by atoms with van der Waals surface area (Å²) in [7, 11) is 1.52. The highest BCUT2D eigenvalue weighted by atomic mass is 35.7. The molecule has 1 atom stereocenters. The Morgan fingerprint density at radius 3 is 2.57 bits per heavy atom. The van der Waals surface area contributed by atoms with Crippen LogP contribution in [0.2, 0.25) is 5.02 Å². The number of amides is 1. The Labute approximate surface area is 135 Å². The number of hydrogen-bond acceptors (Lipinski definition) is 5. The Morgan fingerprint density at radius 2 is 2.05 bits per heavy atom. The molecule has 1 unspecified atom stereocenters. The molecule has 2 aromatic rings. The first-order valence-electron chi connectivity index (χ1n) is 5.74. The van der Waals surface area contributed by atoms with Crippen LogP contribution in [0.5, 0.6) is 0 Å². The first kappa shape index (κ1) is 16.2. The molecule has 0 saturated heterocycles. The Hall–Kier alpha value is -1.15. The zero-order valence-corrected chi connectivity index (χ0v) is 13.9. The second-order valence-corrected chi connectivity index (χ2v) is 8.50. The molecule has 0 aromatic carbocycles. The minimum absolute atomic E-state index is 0.0462. The second-order valence-electron chi connectivity index (χ2n) is 4.15. The third-order valence-electron chi connectivity index (χ3n) is 2.58. The summed E-state index contributed by atoms with van der Waals surface area (Å²) in [5.74, 6) is -0.372. The van der Waals surface area contributed by atoms with Gasteiger partial charge in [0, 0.05) is 21.8 Å². The van der Waals surface area contributed by atoms with Crippen molar-refractivity contribution >= 4 is 48.6 Å². The number of carbonyl (C=O) groups is 1. The highest BCUT2D eigenvalue weighted by molar-refractivity contribution is 8.15. The molecule has 2 aromatic heterocycles. The van der Waals surface area contributed by atoms with Crippen LogP contribution in [0.4, 0.5) is 0 Å². The topological polar surface area (TPSA) is 76.1 Å². The van der Waals surface area contributed by atoms with Crippen molar-refractivity contribution in [1.82, 2.24) is 10.3 Å². The molecule has 1 amide bonds. The molecule has 0 aliphatic rings. The average molecular weight is 365 g/mol. The van der Waals surface area contributed by atoms with Gasteiger partial charge in [-0.2, -0.15) is 0 Å². The van der Waals surface area contributed by atoms with Crippen molar-refractivity contribution in [2.24, 2.45) is 0 Å². The molecule has 0 fully saturated rings. The molecule has 0 bridgehead atoms. The van der Waals surface area contributed by atoms with Gasteiger partial charge in [0.05, 0.1) is 11.1 Å². The maximum absolute atomic E-state index is 12.0. The molecular formula is C12H10Cl2N2O3S2. The van der Waals surface area contributed by atoms with Crippen LogP contribution in [-0.4, -0.2) is 19.3 Å². The zero-order chi connectivity index (χ0) is 15.6. The summed E-state index contributed by atoms with van der Waals surface area (Å²) in [6, 6.07) is 5.73. The van der Waals surface area contributed by atoms with Crippen molar-refractivity contribution in [2.45, 2.75) is 17.2 Å². The number of pyridine rings is 1. The predicted molar refractivity (Wildman–Crippen MR) is 82.5 cm³/mol. The van der Waals surface area contributed by atoms with Crippen LogP contribution >= 0.6 is 33.6 Å². The highest BCUT2D eigenvalue weighted by Crippen LogP contribution is 2.28. The van der Waals surface area contributed by atoms with Crippen LogP contribution in [0.3, 0.4) is 0 Å². The van der Waals surface area contributed by atoms with E-state index in [-0.39, 0.29) is 21.9 Å². The number of carbonyl (C=O) groups excluding carboxylic acids is 1. The van der Waals surface area contributed by atoms with Crippen molar-refractivity contribution in [3.8, 4) is 0 Å². The molecule has 2 rings (SSSR count). The molecule has 0 saturated carbocycles. The molecule has 112 valence electrons. The van der Waals surface area contributed by atoms with Crippen LogP contribution in [0.1, 0.15) is 28.3 Å². The third kappa shape index (κ3) is 4.16. The fourth-order valence-corrected chi connectivity index (χ4v) is 3.76. The lowest BCUT2D eigenvalue weighted by Crippen LogP contribution is -2.26. The molecule has 9 heteroatoms. The van der Waals surface area contributed by atoms with E-state index in [1.807, 2.05) is 0 Å². The number of rotatable bonds is 4. The van der Waals surface area contributed by atoms with Crippen molar-refractivity contribution in [3.63, 3.8) is 0 Å². The standard InChI is InChI=1S/C12H10Cl2N2O3S2/c1-7(10-4-5-11(20-10)21(14,18)19)16-12(17)9-3-2-8(13)6-15-9/h2-7H,1H3,(H,16,17). The molecule has 0 spiro atoms. The van der Waals surface area contributed by atoms with E-state index < -0.39 is 9.05 Å². The number of aromatic nitrogens is 1. The van der Waals surface area contributed by atoms with Gasteiger partial charge in [0.2, 0.25) is 0 Å². The summed E-state index contributed by atoms with van der Waals surface area (Å²) in [4.78, 5) is 16.6. The number of halogens is 2. The van der Waals surface area contributed by atoms with E-state index in [0.717, 1.165) is 11.3 Å². The Bertz CT molecular complexity index is 757. The summed E-state index contributed by atoms with van der Waals surface area (Å²) < 4.78 is 22.5. The van der Waals surface area contributed by atoms with E-state index in [1.54, 1.807) is 19.1 Å². The van der Waals surface area contributed by atoms with Crippen LogP contribution < -0.4 is 5.32 Å². The molecule has 21 heavy (non-hydrogen) atoms. The number of thiophene rings is 1. The summed E-state index contributed by atoms with van der Waals surface area (Å²) in [6.45, 7) is 1.74. The Morgan fingerprint density at radius 1 is 1.33 bits per heavy atom. The zero-order valence-electron chi connectivity index (χ0n) is 10.7. The van der Waals surface area contributed by atoms with Gasteiger partial charge in [-0.1, -0.05) is 11.6 Å². The smallest absolute Gasteiger partial charge is 0.270 e. The van der Waals surface area contributed by atoms with E-state index in [4.69, 9.17) is 22.3 Å². The van der Waals surface area contributed by atoms with Gasteiger partial charge in [-0.3, -0.25) is 4.79 Å². The summed E-state index contributed by atoms with van der Waals surface area (Å²) in [6.07, 6.45) is 1.38. The normalized spacial score (nSPS) is 12.9. The van der Waals surface area contributed by atoms with Crippen molar-refractivity contribution < 1.29 is 13.2 Å². The summed E-state index contributed by atoms with van der Waals surface area (Å²) in [5.41, 5.74) is 0.230. The molecule has 0 aliphatic carbocycles. The van der Waals surface area contributed by atoms with Crippen LogP contribution in [-0.2, 0) is 9.05 Å². The van der Waals surface area contributed by atoms with E-state index in [1.165, 1.54) is 18.3 Å². The van der Waals surface area contributed by atoms with Crippen LogP contribution in [0.25, 0.3) is 0 Å². The summed E-state index contributed by atoms with van der Waals surface area (Å²) in [5, 5.41) is 3.16. The maximum Gasteiger partial charge on any atom is 0.270 e. The first-order valence-corrected chi connectivity index (χ1v) is 9.24. The van der Waals surface area contributed by atoms with E-state index in [9.17, 15) is 13.2 Å². The minimum atomic E-state index is -3.75. The first-order chi connectivity index (χ1) is 9.77. The van der Waals surface area contributed by atoms with Gasteiger partial charge >= 0.3 is 0 Å².